The Hall–Kier alpha value is -4.82. The summed E-state index contributed by atoms with van der Waals surface area (Å²) in [5.41, 5.74) is 23.1. The smallest absolute Gasteiger partial charge is 0.0331 e. The molecule has 230 valence electrons. The van der Waals surface area contributed by atoms with E-state index >= 15 is 0 Å². The first-order valence-electron chi connectivity index (χ1n) is 16.9. The van der Waals surface area contributed by atoms with Crippen molar-refractivity contribution in [2.75, 3.05) is 6.54 Å². The van der Waals surface area contributed by atoms with Crippen molar-refractivity contribution in [2.24, 2.45) is 11.7 Å². The van der Waals surface area contributed by atoms with Gasteiger partial charge in [0.15, 0.2) is 0 Å². The highest BCUT2D eigenvalue weighted by Gasteiger charge is 2.38. The van der Waals surface area contributed by atoms with Gasteiger partial charge in [0.25, 0.3) is 0 Å². The SMILES string of the molecule is C=C1C2=C3C(=CC=CC(c4ccc5c6c(ccc(C)c46)-c4cc(=C/N)/c(=C\C)cc4-5)C3CCC=C2)/C1=C/C1=CNCC=C1C.CC. The van der Waals surface area contributed by atoms with Gasteiger partial charge in [-0.15, -0.1) is 0 Å². The minimum absolute atomic E-state index is 0.261. The molecule has 0 aromatic heterocycles. The van der Waals surface area contributed by atoms with E-state index in [1.165, 1.54) is 82.8 Å². The average molecular weight is 601 g/mol. The fourth-order valence-electron chi connectivity index (χ4n) is 8.22. The summed E-state index contributed by atoms with van der Waals surface area (Å²) in [5.74, 6) is 0.625. The van der Waals surface area contributed by atoms with E-state index in [0.29, 0.717) is 5.92 Å². The molecule has 0 spiro atoms. The van der Waals surface area contributed by atoms with Gasteiger partial charge in [0.2, 0.25) is 0 Å². The van der Waals surface area contributed by atoms with E-state index in [1.54, 1.807) is 6.20 Å². The number of rotatable bonds is 2. The van der Waals surface area contributed by atoms with Gasteiger partial charge in [-0.2, -0.15) is 0 Å². The molecule has 2 atom stereocenters. The van der Waals surface area contributed by atoms with Crippen LogP contribution in [-0.4, -0.2) is 6.54 Å². The molecule has 1 heterocycles. The second kappa shape index (κ2) is 11.8. The Bertz CT molecular complexity index is 2120. The molecule has 3 aromatic carbocycles. The van der Waals surface area contributed by atoms with E-state index in [0.717, 1.165) is 30.2 Å². The number of dihydropyridines is 1. The van der Waals surface area contributed by atoms with Crippen LogP contribution in [0.25, 0.3) is 45.3 Å². The first kappa shape index (κ1) is 29.9. The molecule has 1 aliphatic heterocycles. The van der Waals surface area contributed by atoms with E-state index in [4.69, 9.17) is 5.73 Å². The minimum Gasteiger partial charge on any atom is -0.404 e. The summed E-state index contributed by atoms with van der Waals surface area (Å²) in [7, 11) is 0. The predicted octanol–water partition coefficient (Wildman–Crippen LogP) is 9.09. The molecule has 3 aromatic rings. The molecule has 0 saturated carbocycles. The molecule has 0 bridgehead atoms. The summed E-state index contributed by atoms with van der Waals surface area (Å²) in [5, 5.41) is 8.45. The molecule has 4 aliphatic carbocycles. The van der Waals surface area contributed by atoms with E-state index in [1.807, 2.05) is 13.8 Å². The van der Waals surface area contributed by atoms with Crippen LogP contribution in [0.3, 0.4) is 0 Å². The topological polar surface area (TPSA) is 38.0 Å². The molecule has 0 radical (unpaired) electrons. The Morgan fingerprint density at radius 1 is 0.957 bits per heavy atom. The number of aryl methyl sites for hydroxylation is 1. The quantitative estimate of drug-likeness (QED) is 0.241. The average Bonchev–Trinajstić information content (AvgIpc) is 3.30. The van der Waals surface area contributed by atoms with Crippen molar-refractivity contribution in [3.63, 3.8) is 0 Å². The lowest BCUT2D eigenvalue weighted by Crippen LogP contribution is -2.25. The van der Waals surface area contributed by atoms with Crippen molar-refractivity contribution in [1.29, 1.82) is 0 Å². The van der Waals surface area contributed by atoms with Crippen LogP contribution in [0.15, 0.2) is 131 Å². The van der Waals surface area contributed by atoms with Crippen LogP contribution in [0.1, 0.15) is 57.6 Å². The fourth-order valence-corrected chi connectivity index (χ4v) is 8.22. The van der Waals surface area contributed by atoms with Crippen molar-refractivity contribution < 1.29 is 0 Å². The standard InChI is InChI=1S/C42H38N2.C2H6/c1-5-27-19-38-36-16-15-34(40-25(3)13-14-35(42(36)40)39(38)20-28(27)22-43)31-11-8-12-33-37(21-29-23-44-18-17-24(29)2)26(4)30-9-6-7-10-32(31)41(30)33;1-2/h5-6,8-9,11-17,19-23,31-32,44H,4,7,10,18,43H2,1-3H3;1-2H3/b27-5-,28-22-,37-21+;. The Morgan fingerprint density at radius 3 is 2.46 bits per heavy atom. The van der Waals surface area contributed by atoms with E-state index in [9.17, 15) is 0 Å². The summed E-state index contributed by atoms with van der Waals surface area (Å²) in [6.45, 7) is 16.1. The lowest BCUT2D eigenvalue weighted by atomic mass is 9.75. The third-order valence-corrected chi connectivity index (χ3v) is 10.4. The maximum Gasteiger partial charge on any atom is 0.0331 e. The molecular formula is C44H44N2. The van der Waals surface area contributed by atoms with Gasteiger partial charge < -0.3 is 11.1 Å². The molecule has 2 heteroatoms. The normalized spacial score (nSPS) is 22.5. The van der Waals surface area contributed by atoms with Crippen molar-refractivity contribution in [2.45, 2.75) is 53.4 Å². The maximum absolute atomic E-state index is 6.08. The van der Waals surface area contributed by atoms with E-state index < -0.39 is 0 Å². The summed E-state index contributed by atoms with van der Waals surface area (Å²) in [6.07, 6.45) is 24.6. The van der Waals surface area contributed by atoms with Crippen LogP contribution in [0.5, 0.6) is 0 Å². The molecule has 3 N–H and O–H groups in total. The molecule has 5 aliphatic rings. The van der Waals surface area contributed by atoms with Crippen molar-refractivity contribution in [3.8, 4) is 22.3 Å². The summed E-state index contributed by atoms with van der Waals surface area (Å²) in [4.78, 5) is 0. The molecule has 2 unspecified atom stereocenters. The van der Waals surface area contributed by atoms with Gasteiger partial charge in [-0.05, 0) is 151 Å². The van der Waals surface area contributed by atoms with Gasteiger partial charge in [0, 0.05) is 24.9 Å². The van der Waals surface area contributed by atoms with Crippen LogP contribution in [0, 0.1) is 12.8 Å². The maximum atomic E-state index is 6.08. The van der Waals surface area contributed by atoms with Gasteiger partial charge in [-0.25, -0.2) is 0 Å². The van der Waals surface area contributed by atoms with Crippen molar-refractivity contribution in [1.82, 2.24) is 5.32 Å². The Labute approximate surface area is 273 Å². The Balaban J connectivity index is 0.00000166. The van der Waals surface area contributed by atoms with Crippen LogP contribution in [0.4, 0.5) is 0 Å². The zero-order valence-corrected chi connectivity index (χ0v) is 27.8. The molecule has 0 amide bonds. The summed E-state index contributed by atoms with van der Waals surface area (Å²) in [6, 6.07) is 14.0. The van der Waals surface area contributed by atoms with E-state index in [-0.39, 0.29) is 5.92 Å². The van der Waals surface area contributed by atoms with Gasteiger partial charge in [-0.3, -0.25) is 0 Å². The zero-order valence-electron chi connectivity index (χ0n) is 27.8. The first-order valence-corrected chi connectivity index (χ1v) is 16.9. The molecule has 8 rings (SSSR count). The third kappa shape index (κ3) is 4.46. The molecule has 0 fully saturated rings. The van der Waals surface area contributed by atoms with Crippen LogP contribution >= 0.6 is 0 Å². The highest BCUT2D eigenvalue weighted by molar-refractivity contribution is 6.17. The van der Waals surface area contributed by atoms with Crippen LogP contribution in [0.2, 0.25) is 0 Å². The third-order valence-electron chi connectivity index (χ3n) is 10.4. The molecule has 46 heavy (non-hydrogen) atoms. The van der Waals surface area contributed by atoms with Gasteiger partial charge >= 0.3 is 0 Å². The van der Waals surface area contributed by atoms with Gasteiger partial charge in [0.05, 0.1) is 0 Å². The molecule has 0 saturated heterocycles. The highest BCUT2D eigenvalue weighted by atomic mass is 14.8. The Morgan fingerprint density at radius 2 is 1.72 bits per heavy atom. The summed E-state index contributed by atoms with van der Waals surface area (Å²) < 4.78 is 0. The number of fused-ring (bicyclic) bond motifs is 3. The predicted molar refractivity (Wildman–Crippen MR) is 198 cm³/mol. The van der Waals surface area contributed by atoms with Gasteiger partial charge in [0.1, 0.15) is 0 Å². The fraction of sp³-hybridized carbons (Fsp3) is 0.227. The first-order chi connectivity index (χ1) is 22.5. The Kier molecular flexibility index (Phi) is 7.69. The number of nitrogens with two attached hydrogens (primary N) is 1. The monoisotopic (exact) mass is 600 g/mol. The van der Waals surface area contributed by atoms with Crippen LogP contribution in [-0.2, 0) is 0 Å². The lowest BCUT2D eigenvalue weighted by molar-refractivity contribution is 0.526. The molecule has 2 nitrogen and oxygen atoms in total. The minimum atomic E-state index is 0.261. The van der Waals surface area contributed by atoms with Crippen molar-refractivity contribution >= 4 is 23.0 Å². The number of allylic oxidation sites excluding steroid dienone is 13. The summed E-state index contributed by atoms with van der Waals surface area (Å²) >= 11 is 0. The highest BCUT2D eigenvalue weighted by Crippen LogP contribution is 2.55. The number of nitrogens with one attached hydrogen (secondary N) is 1. The van der Waals surface area contributed by atoms with E-state index in [2.05, 4.69) is 124 Å². The second-order valence-corrected chi connectivity index (χ2v) is 12.7. The number of benzene rings is 3. The second-order valence-electron chi connectivity index (χ2n) is 12.7. The number of hydrogen-bond donors (Lipinski definition) is 2. The molecular weight excluding hydrogens is 556 g/mol. The lowest BCUT2D eigenvalue weighted by Gasteiger charge is -2.28. The largest absolute Gasteiger partial charge is 0.404 e. The van der Waals surface area contributed by atoms with Gasteiger partial charge in [-0.1, -0.05) is 87.2 Å². The zero-order chi connectivity index (χ0) is 32.1. The number of hydrogen-bond acceptors (Lipinski definition) is 2. The van der Waals surface area contributed by atoms with Crippen LogP contribution < -0.4 is 21.5 Å². The van der Waals surface area contributed by atoms with Crippen molar-refractivity contribution in [3.05, 3.63) is 152 Å².